The Balaban J connectivity index is 2.29. The van der Waals surface area contributed by atoms with Crippen molar-refractivity contribution in [2.24, 2.45) is 0 Å². The van der Waals surface area contributed by atoms with Crippen LogP contribution in [0.5, 0.6) is 0 Å². The third-order valence-electron chi connectivity index (χ3n) is 3.99. The number of hydrogen-bond donors (Lipinski definition) is 1. The highest BCUT2D eigenvalue weighted by Crippen LogP contribution is 2.24. The second kappa shape index (κ2) is 9.14. The number of carbonyl (C=O) groups is 1. The van der Waals surface area contributed by atoms with Crippen LogP contribution in [-0.2, 0) is 17.8 Å². The number of carboxylic acid groups (broad SMARTS) is 1. The third-order valence-corrected chi connectivity index (χ3v) is 4.33. The van der Waals surface area contributed by atoms with Crippen LogP contribution >= 0.6 is 23.2 Å². The average molecular weight is 372 g/mol. The molecule has 24 heavy (non-hydrogen) atoms. The molecular formula is C17H23Cl2N3O2. The van der Waals surface area contributed by atoms with Crippen molar-refractivity contribution in [1.29, 1.82) is 0 Å². The predicted molar refractivity (Wildman–Crippen MR) is 99.6 cm³/mol. The summed E-state index contributed by atoms with van der Waals surface area (Å²) < 4.78 is 2.15. The maximum atomic E-state index is 10.7. The average Bonchev–Trinajstić information content (AvgIpc) is 2.90. The molecule has 0 unspecified atom stereocenters. The first kappa shape index (κ1) is 18.9. The molecule has 0 saturated heterocycles. The number of anilines is 1. The molecule has 0 saturated carbocycles. The molecule has 0 aliphatic carbocycles. The van der Waals surface area contributed by atoms with E-state index in [4.69, 9.17) is 33.3 Å². The minimum atomic E-state index is -0.769. The summed E-state index contributed by atoms with van der Waals surface area (Å²) in [4.78, 5) is 17.6. The molecule has 0 aliphatic heterocycles. The van der Waals surface area contributed by atoms with Crippen LogP contribution in [-0.4, -0.2) is 45.5 Å². The maximum absolute atomic E-state index is 10.7. The second-order valence-corrected chi connectivity index (χ2v) is 6.31. The Kier molecular flexibility index (Phi) is 7.18. The van der Waals surface area contributed by atoms with Crippen molar-refractivity contribution in [3.8, 4) is 0 Å². The molecule has 1 aromatic heterocycles. The lowest BCUT2D eigenvalue weighted by molar-refractivity contribution is -0.137. The van der Waals surface area contributed by atoms with Crippen molar-refractivity contribution in [2.45, 2.75) is 32.7 Å². The minimum Gasteiger partial charge on any atom is -0.481 e. The molecule has 132 valence electrons. The molecule has 0 radical (unpaired) electrons. The van der Waals surface area contributed by atoms with Crippen molar-refractivity contribution >= 4 is 45.9 Å². The summed E-state index contributed by atoms with van der Waals surface area (Å²) in [5.41, 5.74) is 3.05. The van der Waals surface area contributed by atoms with Gasteiger partial charge in [-0.2, -0.15) is 0 Å². The van der Waals surface area contributed by atoms with E-state index in [9.17, 15) is 4.79 Å². The second-order valence-electron chi connectivity index (χ2n) is 5.56. The van der Waals surface area contributed by atoms with Crippen LogP contribution in [0.15, 0.2) is 18.2 Å². The fraction of sp³-hybridized carbons (Fsp3) is 0.529. The van der Waals surface area contributed by atoms with E-state index in [1.807, 2.05) is 0 Å². The zero-order valence-corrected chi connectivity index (χ0v) is 15.4. The number of aromatic nitrogens is 2. The monoisotopic (exact) mass is 371 g/mol. The van der Waals surface area contributed by atoms with Crippen LogP contribution < -0.4 is 4.90 Å². The Morgan fingerprint density at radius 3 is 2.58 bits per heavy atom. The van der Waals surface area contributed by atoms with Gasteiger partial charge < -0.3 is 14.6 Å². The molecule has 2 rings (SSSR count). The van der Waals surface area contributed by atoms with Crippen LogP contribution in [0.2, 0.25) is 0 Å². The van der Waals surface area contributed by atoms with Gasteiger partial charge in [0.05, 0.1) is 11.0 Å². The van der Waals surface area contributed by atoms with Gasteiger partial charge in [0.1, 0.15) is 5.82 Å². The molecule has 0 atom stereocenters. The van der Waals surface area contributed by atoms with E-state index in [0.29, 0.717) is 24.6 Å². The highest BCUT2D eigenvalue weighted by atomic mass is 35.5. The Hall–Kier alpha value is -1.46. The lowest BCUT2D eigenvalue weighted by atomic mass is 10.2. The van der Waals surface area contributed by atoms with E-state index in [1.165, 1.54) is 0 Å². The van der Waals surface area contributed by atoms with E-state index in [2.05, 4.69) is 34.6 Å². The van der Waals surface area contributed by atoms with Gasteiger partial charge in [0.15, 0.2) is 0 Å². The van der Waals surface area contributed by atoms with Crippen LogP contribution in [0.4, 0.5) is 5.69 Å². The zero-order chi connectivity index (χ0) is 17.5. The highest BCUT2D eigenvalue weighted by molar-refractivity contribution is 6.18. The summed E-state index contributed by atoms with van der Waals surface area (Å²) in [5, 5.41) is 8.80. The van der Waals surface area contributed by atoms with Gasteiger partial charge >= 0.3 is 5.97 Å². The van der Waals surface area contributed by atoms with Crippen LogP contribution in [0, 0.1) is 0 Å². The largest absolute Gasteiger partial charge is 0.481 e. The summed E-state index contributed by atoms with van der Waals surface area (Å²) >= 11 is 11.8. The Morgan fingerprint density at radius 2 is 2.00 bits per heavy atom. The van der Waals surface area contributed by atoms with Gasteiger partial charge in [0, 0.05) is 49.9 Å². The van der Waals surface area contributed by atoms with Gasteiger partial charge in [-0.05, 0) is 31.5 Å². The number of aryl methyl sites for hydroxylation is 2. The molecule has 7 heteroatoms. The number of nitrogens with zero attached hydrogens (tertiary/aromatic N) is 3. The molecule has 5 nitrogen and oxygen atoms in total. The first-order valence-electron chi connectivity index (χ1n) is 8.18. The number of rotatable bonds is 10. The molecule has 1 aromatic carbocycles. The summed E-state index contributed by atoms with van der Waals surface area (Å²) in [6.45, 7) is 4.35. The number of benzene rings is 1. The van der Waals surface area contributed by atoms with Gasteiger partial charge in [0.2, 0.25) is 0 Å². The van der Waals surface area contributed by atoms with Gasteiger partial charge in [-0.1, -0.05) is 0 Å². The maximum Gasteiger partial charge on any atom is 0.303 e. The number of halogens is 2. The van der Waals surface area contributed by atoms with E-state index < -0.39 is 5.97 Å². The molecule has 1 N–H and O–H groups in total. The van der Waals surface area contributed by atoms with Crippen molar-refractivity contribution in [3.63, 3.8) is 0 Å². The van der Waals surface area contributed by atoms with Crippen LogP contribution in [0.3, 0.4) is 0 Å². The van der Waals surface area contributed by atoms with Gasteiger partial charge in [-0.3, -0.25) is 4.79 Å². The van der Waals surface area contributed by atoms with Crippen molar-refractivity contribution < 1.29 is 9.90 Å². The lowest BCUT2D eigenvalue weighted by Gasteiger charge is -2.22. The minimum absolute atomic E-state index is 0.164. The molecule has 0 bridgehead atoms. The summed E-state index contributed by atoms with van der Waals surface area (Å²) in [5.74, 6) is 1.25. The lowest BCUT2D eigenvalue weighted by Crippen LogP contribution is -2.27. The molecular weight excluding hydrogens is 349 g/mol. The summed E-state index contributed by atoms with van der Waals surface area (Å²) in [6, 6.07) is 6.19. The molecule has 1 heterocycles. The topological polar surface area (TPSA) is 58.4 Å². The Bertz CT molecular complexity index is 682. The van der Waals surface area contributed by atoms with Gasteiger partial charge in [-0.25, -0.2) is 4.98 Å². The van der Waals surface area contributed by atoms with E-state index in [1.54, 1.807) is 0 Å². The van der Waals surface area contributed by atoms with Crippen LogP contribution in [0.25, 0.3) is 11.0 Å². The number of hydrogen-bond acceptors (Lipinski definition) is 3. The molecule has 0 aliphatic rings. The fourth-order valence-corrected chi connectivity index (χ4v) is 3.29. The standard InChI is InChI=1S/C17H23Cl2N3O2/c1-2-22-15-7-6-13(21(10-8-18)11-9-19)12-14(15)20-16(22)4-3-5-17(23)24/h6-7,12H,2-5,8-11H2,1H3,(H,23,24). The number of aliphatic carboxylic acids is 1. The van der Waals surface area contributed by atoms with Gasteiger partial charge in [0.25, 0.3) is 0 Å². The first-order chi connectivity index (χ1) is 11.6. The predicted octanol–water partition coefficient (Wildman–Crippen LogP) is 3.75. The SMILES string of the molecule is CCn1c(CCCC(=O)O)nc2cc(N(CCCl)CCCl)ccc21. The van der Waals surface area contributed by atoms with Crippen molar-refractivity contribution in [3.05, 3.63) is 24.0 Å². The van der Waals surface area contributed by atoms with E-state index in [-0.39, 0.29) is 6.42 Å². The molecule has 0 amide bonds. The molecule has 0 fully saturated rings. The summed E-state index contributed by atoms with van der Waals surface area (Å²) in [7, 11) is 0. The third kappa shape index (κ3) is 4.54. The van der Waals surface area contributed by atoms with E-state index in [0.717, 1.165) is 42.2 Å². The Labute approximate surface area is 152 Å². The van der Waals surface area contributed by atoms with Crippen LogP contribution in [0.1, 0.15) is 25.6 Å². The fourth-order valence-electron chi connectivity index (χ4n) is 2.88. The van der Waals surface area contributed by atoms with Gasteiger partial charge in [-0.15, -0.1) is 23.2 Å². The smallest absolute Gasteiger partial charge is 0.303 e. The first-order valence-corrected chi connectivity index (χ1v) is 9.25. The van der Waals surface area contributed by atoms with Crippen molar-refractivity contribution in [2.75, 3.05) is 29.7 Å². The Morgan fingerprint density at radius 1 is 1.29 bits per heavy atom. The highest BCUT2D eigenvalue weighted by Gasteiger charge is 2.13. The molecule has 2 aromatic rings. The normalized spacial score (nSPS) is 11.1. The summed E-state index contributed by atoms with van der Waals surface area (Å²) in [6.07, 6.45) is 1.42. The number of imidazole rings is 1. The number of fused-ring (bicyclic) bond motifs is 1. The zero-order valence-electron chi connectivity index (χ0n) is 13.8. The van der Waals surface area contributed by atoms with Crippen molar-refractivity contribution in [1.82, 2.24) is 9.55 Å². The number of carboxylic acids is 1. The molecule has 0 spiro atoms. The number of alkyl halides is 2. The quantitative estimate of drug-likeness (QED) is 0.646. The van der Waals surface area contributed by atoms with E-state index >= 15 is 0 Å².